The predicted octanol–water partition coefficient (Wildman–Crippen LogP) is 4.78. The third-order valence-electron chi connectivity index (χ3n) is 3.35. The summed E-state index contributed by atoms with van der Waals surface area (Å²) in [4.78, 5) is 8.46. The van der Waals surface area contributed by atoms with Crippen LogP contribution in [-0.4, -0.2) is 9.97 Å². The summed E-state index contributed by atoms with van der Waals surface area (Å²) in [5.74, 6) is 0. The van der Waals surface area contributed by atoms with Crippen LogP contribution in [0.1, 0.15) is 5.56 Å². The summed E-state index contributed by atoms with van der Waals surface area (Å²) < 4.78 is 0. The van der Waals surface area contributed by atoms with Gasteiger partial charge in [-0.3, -0.25) is 9.97 Å². The number of pyridine rings is 2. The lowest BCUT2D eigenvalue weighted by Crippen LogP contribution is -1.80. The summed E-state index contributed by atoms with van der Waals surface area (Å²) in [5, 5.41) is 2.41. The zero-order valence-electron chi connectivity index (χ0n) is 11.9. The SMILES string of the molecule is Cc1cccc2cccnc12.c1ccc2ncccc2c1. The number of nitrogens with zero attached hydrogens (tertiary/aromatic N) is 2. The first-order valence-corrected chi connectivity index (χ1v) is 6.95. The highest BCUT2D eigenvalue weighted by molar-refractivity contribution is 5.81. The maximum absolute atomic E-state index is 4.28. The molecule has 0 saturated carbocycles. The normalized spacial score (nSPS) is 10.1. The Morgan fingerprint density at radius 2 is 1.29 bits per heavy atom. The molecule has 102 valence electrons. The number of hydrogen-bond acceptors (Lipinski definition) is 2. The van der Waals surface area contributed by atoms with Crippen molar-refractivity contribution in [1.82, 2.24) is 9.97 Å². The number of rotatable bonds is 0. The van der Waals surface area contributed by atoms with Crippen LogP contribution < -0.4 is 0 Å². The minimum absolute atomic E-state index is 1.06. The molecular formula is C19H16N2. The van der Waals surface area contributed by atoms with Crippen LogP contribution in [0, 0.1) is 6.92 Å². The minimum Gasteiger partial charge on any atom is -0.256 e. The average molecular weight is 272 g/mol. The maximum atomic E-state index is 4.28. The van der Waals surface area contributed by atoms with E-state index in [1.165, 1.54) is 16.3 Å². The lowest BCUT2D eigenvalue weighted by molar-refractivity contribution is 1.37. The van der Waals surface area contributed by atoms with Gasteiger partial charge in [0, 0.05) is 23.2 Å². The van der Waals surface area contributed by atoms with E-state index < -0.39 is 0 Å². The smallest absolute Gasteiger partial charge is 0.0731 e. The van der Waals surface area contributed by atoms with E-state index >= 15 is 0 Å². The Morgan fingerprint density at radius 1 is 0.619 bits per heavy atom. The van der Waals surface area contributed by atoms with Gasteiger partial charge in [0.1, 0.15) is 0 Å². The van der Waals surface area contributed by atoms with Gasteiger partial charge >= 0.3 is 0 Å². The van der Waals surface area contributed by atoms with Gasteiger partial charge in [0.05, 0.1) is 11.0 Å². The molecule has 0 amide bonds. The molecule has 0 radical (unpaired) electrons. The van der Waals surface area contributed by atoms with E-state index in [4.69, 9.17) is 0 Å². The molecule has 0 fully saturated rings. The van der Waals surface area contributed by atoms with Gasteiger partial charge < -0.3 is 0 Å². The van der Waals surface area contributed by atoms with Crippen LogP contribution in [0.2, 0.25) is 0 Å². The Morgan fingerprint density at radius 3 is 2.10 bits per heavy atom. The molecule has 0 N–H and O–H groups in total. The van der Waals surface area contributed by atoms with Crippen molar-refractivity contribution in [2.24, 2.45) is 0 Å². The lowest BCUT2D eigenvalue weighted by atomic mass is 10.1. The summed E-state index contributed by atoms with van der Waals surface area (Å²) in [6.07, 6.45) is 3.64. The van der Waals surface area contributed by atoms with Crippen molar-refractivity contribution >= 4 is 21.8 Å². The fourth-order valence-electron chi connectivity index (χ4n) is 2.27. The molecule has 0 unspecified atom stereocenters. The topological polar surface area (TPSA) is 25.8 Å². The molecule has 21 heavy (non-hydrogen) atoms. The van der Waals surface area contributed by atoms with E-state index in [9.17, 15) is 0 Å². The molecule has 0 atom stereocenters. The Bertz CT molecular complexity index is 798. The summed E-state index contributed by atoms with van der Waals surface area (Å²) in [5.41, 5.74) is 3.41. The largest absolute Gasteiger partial charge is 0.256 e. The van der Waals surface area contributed by atoms with Crippen molar-refractivity contribution in [3.05, 3.63) is 84.7 Å². The van der Waals surface area contributed by atoms with Crippen molar-refractivity contribution in [2.75, 3.05) is 0 Å². The third-order valence-corrected chi connectivity index (χ3v) is 3.35. The van der Waals surface area contributed by atoms with Gasteiger partial charge in [-0.25, -0.2) is 0 Å². The molecule has 2 nitrogen and oxygen atoms in total. The molecule has 2 aromatic carbocycles. The van der Waals surface area contributed by atoms with Gasteiger partial charge in [-0.15, -0.1) is 0 Å². The number of hydrogen-bond donors (Lipinski definition) is 0. The van der Waals surface area contributed by atoms with Gasteiger partial charge in [0.2, 0.25) is 0 Å². The van der Waals surface area contributed by atoms with Gasteiger partial charge in [-0.1, -0.05) is 48.5 Å². The third kappa shape index (κ3) is 3.06. The predicted molar refractivity (Wildman–Crippen MR) is 88.2 cm³/mol. The number of benzene rings is 2. The van der Waals surface area contributed by atoms with Crippen molar-refractivity contribution in [3.8, 4) is 0 Å². The minimum atomic E-state index is 1.06. The van der Waals surface area contributed by atoms with Crippen LogP contribution in [-0.2, 0) is 0 Å². The van der Waals surface area contributed by atoms with Gasteiger partial charge in [-0.05, 0) is 30.7 Å². The highest BCUT2D eigenvalue weighted by Crippen LogP contribution is 2.13. The molecule has 2 aromatic heterocycles. The summed E-state index contributed by atoms with van der Waals surface area (Å²) in [6.45, 7) is 2.08. The van der Waals surface area contributed by atoms with E-state index in [-0.39, 0.29) is 0 Å². The molecule has 0 saturated heterocycles. The van der Waals surface area contributed by atoms with Crippen LogP contribution in [0.25, 0.3) is 21.8 Å². The number of aromatic nitrogens is 2. The average Bonchev–Trinajstić information content (AvgIpc) is 2.56. The summed E-state index contributed by atoms with van der Waals surface area (Å²) in [6, 6.07) is 22.3. The van der Waals surface area contributed by atoms with Gasteiger partial charge in [-0.2, -0.15) is 0 Å². The molecular weight excluding hydrogens is 256 g/mol. The van der Waals surface area contributed by atoms with Gasteiger partial charge in [0.15, 0.2) is 0 Å². The second kappa shape index (κ2) is 6.14. The second-order valence-electron chi connectivity index (χ2n) is 4.85. The van der Waals surface area contributed by atoms with E-state index in [0.29, 0.717) is 0 Å². The monoisotopic (exact) mass is 272 g/mol. The Labute approximate surface area is 124 Å². The van der Waals surface area contributed by atoms with Crippen molar-refractivity contribution in [3.63, 3.8) is 0 Å². The molecule has 0 bridgehead atoms. The first kappa shape index (κ1) is 13.3. The van der Waals surface area contributed by atoms with Crippen LogP contribution in [0.15, 0.2) is 79.1 Å². The second-order valence-corrected chi connectivity index (χ2v) is 4.85. The van der Waals surface area contributed by atoms with Crippen LogP contribution >= 0.6 is 0 Å². The van der Waals surface area contributed by atoms with Crippen LogP contribution in [0.5, 0.6) is 0 Å². The zero-order chi connectivity index (χ0) is 14.5. The standard InChI is InChI=1S/C10H9N.C9H7N/c1-8-4-2-5-9-6-3-7-11-10(8)9;1-2-6-9-8(4-1)5-3-7-10-9/h2-7H,1H3;1-7H. The fraction of sp³-hybridized carbons (Fsp3) is 0.0526. The van der Waals surface area contributed by atoms with E-state index in [0.717, 1.165) is 11.0 Å². The zero-order valence-corrected chi connectivity index (χ0v) is 11.9. The molecule has 4 aromatic rings. The van der Waals surface area contributed by atoms with Crippen LogP contribution in [0.4, 0.5) is 0 Å². The van der Waals surface area contributed by atoms with Crippen molar-refractivity contribution in [1.29, 1.82) is 0 Å². The highest BCUT2D eigenvalue weighted by atomic mass is 14.6. The lowest BCUT2D eigenvalue weighted by Gasteiger charge is -1.97. The fourth-order valence-corrected chi connectivity index (χ4v) is 2.27. The Balaban J connectivity index is 0.000000126. The molecule has 4 rings (SSSR count). The van der Waals surface area contributed by atoms with E-state index in [2.05, 4.69) is 53.3 Å². The Kier molecular flexibility index (Phi) is 3.88. The molecule has 0 aliphatic heterocycles. The number of aryl methyl sites for hydroxylation is 1. The Hall–Kier alpha value is -2.74. The number of fused-ring (bicyclic) bond motifs is 2. The molecule has 2 heterocycles. The molecule has 0 aliphatic carbocycles. The van der Waals surface area contributed by atoms with Crippen molar-refractivity contribution < 1.29 is 0 Å². The first-order chi connectivity index (χ1) is 10.3. The molecule has 2 heteroatoms. The summed E-state index contributed by atoms with van der Waals surface area (Å²) in [7, 11) is 0. The van der Waals surface area contributed by atoms with Crippen LogP contribution in [0.3, 0.4) is 0 Å². The van der Waals surface area contributed by atoms with Crippen molar-refractivity contribution in [2.45, 2.75) is 6.92 Å². The summed E-state index contributed by atoms with van der Waals surface area (Å²) >= 11 is 0. The maximum Gasteiger partial charge on any atom is 0.0731 e. The van der Waals surface area contributed by atoms with E-state index in [1.54, 1.807) is 0 Å². The molecule has 0 aliphatic rings. The van der Waals surface area contributed by atoms with Gasteiger partial charge in [0.25, 0.3) is 0 Å². The highest BCUT2D eigenvalue weighted by Gasteiger charge is 1.93. The first-order valence-electron chi connectivity index (χ1n) is 6.95. The number of para-hydroxylation sites is 2. The van der Waals surface area contributed by atoms with E-state index in [1.807, 2.05) is 42.7 Å². The quantitative estimate of drug-likeness (QED) is 0.460. The molecule has 0 spiro atoms.